The van der Waals surface area contributed by atoms with Crippen LogP contribution in [0.25, 0.3) is 0 Å². The van der Waals surface area contributed by atoms with Gasteiger partial charge in [0.1, 0.15) is 0 Å². The molecule has 0 aromatic carbocycles. The molecule has 0 aromatic rings. The van der Waals surface area contributed by atoms with E-state index in [-0.39, 0.29) is 12.1 Å². The SMILES string of the molecule is CCN(CC(C)(C)O)C(=O)NC(C)C1CCCCC1. The fraction of sp³-hybridized carbons (Fsp3) is 0.933. The molecule has 1 aliphatic rings. The molecule has 4 nitrogen and oxygen atoms in total. The maximum Gasteiger partial charge on any atom is 0.317 e. The summed E-state index contributed by atoms with van der Waals surface area (Å²) in [5, 5.41) is 12.9. The van der Waals surface area contributed by atoms with Crippen LogP contribution in [0.15, 0.2) is 0 Å². The summed E-state index contributed by atoms with van der Waals surface area (Å²) in [6, 6.07) is 0.173. The van der Waals surface area contributed by atoms with Crippen molar-refractivity contribution in [3.05, 3.63) is 0 Å². The van der Waals surface area contributed by atoms with E-state index in [1.54, 1.807) is 18.7 Å². The third-order valence-electron chi connectivity index (χ3n) is 3.95. The number of aliphatic hydroxyl groups is 1. The lowest BCUT2D eigenvalue weighted by molar-refractivity contribution is 0.0471. The highest BCUT2D eigenvalue weighted by Crippen LogP contribution is 2.26. The normalized spacial score (nSPS) is 19.0. The van der Waals surface area contributed by atoms with Gasteiger partial charge in [-0.25, -0.2) is 4.79 Å². The lowest BCUT2D eigenvalue weighted by Gasteiger charge is -2.32. The topological polar surface area (TPSA) is 52.6 Å². The van der Waals surface area contributed by atoms with Crippen LogP contribution < -0.4 is 5.32 Å². The van der Waals surface area contributed by atoms with E-state index >= 15 is 0 Å². The maximum atomic E-state index is 12.2. The number of urea groups is 1. The Morgan fingerprint density at radius 3 is 2.42 bits per heavy atom. The molecule has 1 saturated carbocycles. The Morgan fingerprint density at radius 2 is 1.95 bits per heavy atom. The summed E-state index contributed by atoms with van der Waals surface area (Å²) in [5.74, 6) is 0.610. The van der Waals surface area contributed by atoms with Crippen molar-refractivity contribution >= 4 is 6.03 Å². The molecule has 0 radical (unpaired) electrons. The van der Waals surface area contributed by atoms with E-state index in [0.29, 0.717) is 19.0 Å². The molecule has 0 bridgehead atoms. The number of carbonyl (C=O) groups is 1. The van der Waals surface area contributed by atoms with Gasteiger partial charge in [0.2, 0.25) is 0 Å². The Kier molecular flexibility index (Phi) is 6.11. The third-order valence-corrected chi connectivity index (χ3v) is 3.95. The van der Waals surface area contributed by atoms with Crippen LogP contribution in [0, 0.1) is 5.92 Å². The molecule has 1 unspecified atom stereocenters. The number of likely N-dealkylation sites (N-methyl/N-ethyl adjacent to an activating group) is 1. The van der Waals surface area contributed by atoms with Gasteiger partial charge in [-0.3, -0.25) is 0 Å². The lowest BCUT2D eigenvalue weighted by Crippen LogP contribution is -2.50. The second-order valence-corrected chi connectivity index (χ2v) is 6.46. The van der Waals surface area contributed by atoms with Gasteiger partial charge in [-0.1, -0.05) is 19.3 Å². The molecule has 0 saturated heterocycles. The molecule has 2 amide bonds. The van der Waals surface area contributed by atoms with Crippen LogP contribution in [0.4, 0.5) is 4.79 Å². The van der Waals surface area contributed by atoms with Crippen LogP contribution in [0.3, 0.4) is 0 Å². The van der Waals surface area contributed by atoms with Crippen molar-refractivity contribution in [1.29, 1.82) is 0 Å². The minimum atomic E-state index is -0.846. The summed E-state index contributed by atoms with van der Waals surface area (Å²) in [4.78, 5) is 13.9. The second kappa shape index (κ2) is 7.13. The first-order valence-corrected chi connectivity index (χ1v) is 7.61. The molecule has 2 N–H and O–H groups in total. The van der Waals surface area contributed by atoms with E-state index < -0.39 is 5.60 Å². The van der Waals surface area contributed by atoms with Crippen molar-refractivity contribution in [3.63, 3.8) is 0 Å². The number of nitrogens with zero attached hydrogens (tertiary/aromatic N) is 1. The lowest BCUT2D eigenvalue weighted by atomic mass is 9.84. The summed E-state index contributed by atoms with van der Waals surface area (Å²) < 4.78 is 0. The van der Waals surface area contributed by atoms with Crippen molar-refractivity contribution < 1.29 is 9.90 Å². The number of carbonyl (C=O) groups excluding carboxylic acids is 1. The van der Waals surface area contributed by atoms with Crippen molar-refractivity contribution in [1.82, 2.24) is 10.2 Å². The van der Waals surface area contributed by atoms with Crippen molar-refractivity contribution in [2.45, 2.75) is 71.4 Å². The molecule has 4 heteroatoms. The largest absolute Gasteiger partial charge is 0.389 e. The molecule has 1 atom stereocenters. The van der Waals surface area contributed by atoms with Gasteiger partial charge in [-0.2, -0.15) is 0 Å². The molecule has 0 aliphatic heterocycles. The second-order valence-electron chi connectivity index (χ2n) is 6.46. The van der Waals surface area contributed by atoms with Gasteiger partial charge >= 0.3 is 6.03 Å². The Morgan fingerprint density at radius 1 is 1.37 bits per heavy atom. The van der Waals surface area contributed by atoms with E-state index in [2.05, 4.69) is 12.2 Å². The molecule has 112 valence electrons. The van der Waals surface area contributed by atoms with Gasteiger partial charge in [-0.15, -0.1) is 0 Å². The number of amides is 2. The first-order valence-electron chi connectivity index (χ1n) is 7.61. The zero-order chi connectivity index (χ0) is 14.5. The minimum absolute atomic E-state index is 0.0531. The Bertz CT molecular complexity index is 280. The van der Waals surface area contributed by atoms with E-state index in [9.17, 15) is 9.90 Å². The van der Waals surface area contributed by atoms with E-state index in [1.807, 2.05) is 6.92 Å². The van der Waals surface area contributed by atoms with Crippen LogP contribution in [0.5, 0.6) is 0 Å². The zero-order valence-electron chi connectivity index (χ0n) is 12.9. The van der Waals surface area contributed by atoms with Gasteiger partial charge in [0.15, 0.2) is 0 Å². The molecule has 0 aromatic heterocycles. The third kappa shape index (κ3) is 5.81. The van der Waals surface area contributed by atoms with Gasteiger partial charge in [0.25, 0.3) is 0 Å². The van der Waals surface area contributed by atoms with Crippen LogP contribution >= 0.6 is 0 Å². The van der Waals surface area contributed by atoms with E-state index in [1.165, 1.54) is 32.1 Å². The van der Waals surface area contributed by atoms with Gasteiger partial charge in [0.05, 0.1) is 12.1 Å². The minimum Gasteiger partial charge on any atom is -0.389 e. The summed E-state index contributed by atoms with van der Waals surface area (Å²) in [6.07, 6.45) is 6.34. The average Bonchev–Trinajstić information content (AvgIpc) is 2.35. The quantitative estimate of drug-likeness (QED) is 0.807. The maximum absolute atomic E-state index is 12.2. The smallest absolute Gasteiger partial charge is 0.317 e. The van der Waals surface area contributed by atoms with Crippen molar-refractivity contribution in [2.75, 3.05) is 13.1 Å². The van der Waals surface area contributed by atoms with E-state index in [0.717, 1.165) is 0 Å². The van der Waals surface area contributed by atoms with Gasteiger partial charge in [-0.05, 0) is 46.5 Å². The van der Waals surface area contributed by atoms with Crippen LogP contribution in [0.1, 0.15) is 59.8 Å². The molecule has 0 heterocycles. The molecular formula is C15H30N2O2. The fourth-order valence-corrected chi connectivity index (χ4v) is 2.83. The summed E-state index contributed by atoms with van der Waals surface area (Å²) in [5.41, 5.74) is -0.846. The molecule has 1 rings (SSSR count). The van der Waals surface area contributed by atoms with Gasteiger partial charge < -0.3 is 15.3 Å². The molecule has 1 fully saturated rings. The highest BCUT2D eigenvalue weighted by Gasteiger charge is 2.25. The Balaban J connectivity index is 2.46. The number of nitrogens with one attached hydrogen (secondary N) is 1. The number of rotatable bonds is 5. The first-order chi connectivity index (χ1) is 8.83. The zero-order valence-corrected chi connectivity index (χ0v) is 12.9. The van der Waals surface area contributed by atoms with Crippen LogP contribution in [-0.2, 0) is 0 Å². The predicted molar refractivity (Wildman–Crippen MR) is 78.1 cm³/mol. The number of hydrogen-bond donors (Lipinski definition) is 2. The van der Waals surface area contributed by atoms with E-state index in [4.69, 9.17) is 0 Å². The highest BCUT2D eigenvalue weighted by molar-refractivity contribution is 5.74. The molecule has 1 aliphatic carbocycles. The summed E-state index contributed by atoms with van der Waals surface area (Å²) in [7, 11) is 0. The molecule has 0 spiro atoms. The van der Waals surface area contributed by atoms with Crippen LogP contribution in [0.2, 0.25) is 0 Å². The average molecular weight is 270 g/mol. The van der Waals surface area contributed by atoms with Gasteiger partial charge in [0, 0.05) is 12.6 Å². The fourth-order valence-electron chi connectivity index (χ4n) is 2.83. The highest BCUT2D eigenvalue weighted by atomic mass is 16.3. The Hall–Kier alpha value is -0.770. The number of hydrogen-bond acceptors (Lipinski definition) is 2. The standard InChI is InChI=1S/C15H30N2O2/c1-5-17(11-15(3,4)19)14(18)16-12(2)13-9-7-6-8-10-13/h12-13,19H,5-11H2,1-4H3,(H,16,18). The Labute approximate surface area is 117 Å². The van der Waals surface area contributed by atoms with Crippen molar-refractivity contribution in [2.24, 2.45) is 5.92 Å². The molecule has 19 heavy (non-hydrogen) atoms. The summed E-state index contributed by atoms with van der Waals surface area (Å²) >= 11 is 0. The van der Waals surface area contributed by atoms with Crippen LogP contribution in [-0.4, -0.2) is 40.8 Å². The predicted octanol–water partition coefficient (Wildman–Crippen LogP) is 2.76. The first kappa shape index (κ1) is 16.3. The molecular weight excluding hydrogens is 240 g/mol. The monoisotopic (exact) mass is 270 g/mol. The van der Waals surface area contributed by atoms with Crippen molar-refractivity contribution in [3.8, 4) is 0 Å². The summed E-state index contributed by atoms with van der Waals surface area (Å²) in [6.45, 7) is 8.49.